The van der Waals surface area contributed by atoms with Gasteiger partial charge in [0.2, 0.25) is 11.8 Å². The van der Waals surface area contributed by atoms with Gasteiger partial charge in [-0.3, -0.25) is 14.4 Å². The van der Waals surface area contributed by atoms with Crippen LogP contribution in [-0.2, 0) is 19.1 Å². The standard InChI is InChI=1S/C24H40N2O5S/c1-5-11-16(3)25-20(28)19-24-13-12-23(4,32-24)18(22(30)31-6-2)17(24)21(29)26(19)14-9-7-8-10-15-27/h16-19,27H,5-15H2,1-4H3,(H,25,28)/t16?,17-,18+,19?,23-,24?/m0/s1. The van der Waals surface area contributed by atoms with Crippen LogP contribution >= 0.6 is 11.8 Å². The molecule has 3 heterocycles. The lowest BCUT2D eigenvalue weighted by atomic mass is 9.66. The van der Waals surface area contributed by atoms with E-state index >= 15 is 0 Å². The highest BCUT2D eigenvalue weighted by Gasteiger charge is 2.77. The Morgan fingerprint density at radius 1 is 1.25 bits per heavy atom. The highest BCUT2D eigenvalue weighted by atomic mass is 32.2. The lowest BCUT2D eigenvalue weighted by Crippen LogP contribution is -2.55. The van der Waals surface area contributed by atoms with Gasteiger partial charge in [-0.2, -0.15) is 0 Å². The Morgan fingerprint density at radius 3 is 2.62 bits per heavy atom. The molecule has 0 aromatic carbocycles. The van der Waals surface area contributed by atoms with E-state index in [9.17, 15) is 14.4 Å². The molecule has 6 atom stereocenters. The largest absolute Gasteiger partial charge is 0.466 e. The van der Waals surface area contributed by atoms with Crippen LogP contribution in [0.1, 0.15) is 79.1 Å². The van der Waals surface area contributed by atoms with Gasteiger partial charge >= 0.3 is 5.97 Å². The second kappa shape index (κ2) is 10.3. The van der Waals surface area contributed by atoms with Crippen molar-refractivity contribution in [3.63, 3.8) is 0 Å². The number of carbonyl (C=O) groups is 3. The minimum atomic E-state index is -0.565. The van der Waals surface area contributed by atoms with E-state index in [4.69, 9.17) is 9.84 Å². The third-order valence-corrected chi connectivity index (χ3v) is 9.47. The van der Waals surface area contributed by atoms with E-state index < -0.39 is 22.6 Å². The van der Waals surface area contributed by atoms with Crippen molar-refractivity contribution >= 4 is 29.5 Å². The van der Waals surface area contributed by atoms with Gasteiger partial charge in [0.1, 0.15) is 6.04 Å². The van der Waals surface area contributed by atoms with Crippen molar-refractivity contribution in [3.05, 3.63) is 0 Å². The average Bonchev–Trinajstić information content (AvgIpc) is 3.29. The Kier molecular flexibility index (Phi) is 8.18. The van der Waals surface area contributed by atoms with Crippen molar-refractivity contribution in [1.82, 2.24) is 10.2 Å². The topological polar surface area (TPSA) is 95.9 Å². The van der Waals surface area contributed by atoms with Crippen LogP contribution in [0.5, 0.6) is 0 Å². The van der Waals surface area contributed by atoms with Gasteiger partial charge in [-0.25, -0.2) is 0 Å². The molecule has 3 saturated heterocycles. The fourth-order valence-electron chi connectivity index (χ4n) is 6.13. The monoisotopic (exact) mass is 468 g/mol. The summed E-state index contributed by atoms with van der Waals surface area (Å²) in [7, 11) is 0. The van der Waals surface area contributed by atoms with Crippen molar-refractivity contribution in [2.75, 3.05) is 19.8 Å². The number of aliphatic hydroxyl groups is 1. The molecule has 3 unspecified atom stereocenters. The van der Waals surface area contributed by atoms with Gasteiger partial charge in [-0.15, -0.1) is 11.8 Å². The molecular formula is C24H40N2O5S. The van der Waals surface area contributed by atoms with Crippen LogP contribution in [0.4, 0.5) is 0 Å². The number of ether oxygens (including phenoxy) is 1. The molecule has 2 N–H and O–H groups in total. The first-order valence-corrected chi connectivity index (χ1v) is 13.2. The third kappa shape index (κ3) is 4.41. The van der Waals surface area contributed by atoms with E-state index in [1.54, 1.807) is 23.6 Å². The minimum Gasteiger partial charge on any atom is -0.466 e. The summed E-state index contributed by atoms with van der Waals surface area (Å²) in [4.78, 5) is 42.1. The van der Waals surface area contributed by atoms with Gasteiger partial charge < -0.3 is 20.1 Å². The van der Waals surface area contributed by atoms with Crippen molar-refractivity contribution in [2.45, 2.75) is 101 Å². The molecule has 0 aromatic heterocycles. The number of unbranched alkanes of at least 4 members (excludes halogenated alkanes) is 3. The molecule has 3 aliphatic rings. The second-order valence-corrected chi connectivity index (χ2v) is 11.7. The van der Waals surface area contributed by atoms with Crippen molar-refractivity contribution < 1.29 is 24.2 Å². The summed E-state index contributed by atoms with van der Waals surface area (Å²) in [5.41, 5.74) is 0. The smallest absolute Gasteiger partial charge is 0.311 e. The molecule has 182 valence electrons. The van der Waals surface area contributed by atoms with Crippen LogP contribution in [-0.4, -0.2) is 69.1 Å². The first kappa shape index (κ1) is 25.3. The van der Waals surface area contributed by atoms with Gasteiger partial charge in [0, 0.05) is 23.9 Å². The van der Waals surface area contributed by atoms with E-state index in [0.717, 1.165) is 51.4 Å². The fraction of sp³-hybridized carbons (Fsp3) is 0.875. The number of esters is 1. The predicted octanol–water partition coefficient (Wildman–Crippen LogP) is 2.89. The van der Waals surface area contributed by atoms with Crippen LogP contribution in [0.3, 0.4) is 0 Å². The SMILES string of the molecule is CCCC(C)NC(=O)C1N(CCCCCCO)C(=O)[C@@H]2[C@H](C(=O)OCC)[C@]3(C)CCC12S3. The maximum Gasteiger partial charge on any atom is 0.311 e. The zero-order chi connectivity index (χ0) is 23.5. The maximum absolute atomic E-state index is 13.8. The number of thioether (sulfide) groups is 1. The van der Waals surface area contributed by atoms with Crippen molar-refractivity contribution in [1.29, 1.82) is 0 Å². The molecule has 0 aromatic rings. The number of aliphatic hydroxyl groups excluding tert-OH is 1. The molecule has 2 amide bonds. The van der Waals surface area contributed by atoms with E-state index in [-0.39, 0.29) is 41.8 Å². The fourth-order valence-corrected chi connectivity index (χ4v) is 8.48. The van der Waals surface area contributed by atoms with Gasteiger partial charge in [-0.05, 0) is 52.9 Å². The van der Waals surface area contributed by atoms with E-state index in [1.807, 2.05) is 6.92 Å². The molecule has 0 aliphatic carbocycles. The number of hydrogen-bond donors (Lipinski definition) is 2. The Hall–Kier alpha value is -1.28. The third-order valence-electron chi connectivity index (χ3n) is 7.48. The molecule has 1 spiro atoms. The molecular weight excluding hydrogens is 428 g/mol. The van der Waals surface area contributed by atoms with E-state index in [1.165, 1.54) is 0 Å². The van der Waals surface area contributed by atoms with Crippen LogP contribution < -0.4 is 5.32 Å². The normalized spacial score (nSPS) is 34.0. The zero-order valence-electron chi connectivity index (χ0n) is 20.0. The summed E-state index contributed by atoms with van der Waals surface area (Å²) in [6.07, 6.45) is 6.77. The molecule has 3 rings (SSSR count). The molecule has 3 aliphatic heterocycles. The Balaban J connectivity index is 1.89. The summed E-state index contributed by atoms with van der Waals surface area (Å²) in [5, 5.41) is 12.2. The molecule has 0 saturated carbocycles. The number of carbonyl (C=O) groups excluding carboxylic acids is 3. The Labute approximate surface area is 196 Å². The molecule has 8 heteroatoms. The minimum absolute atomic E-state index is 0.0458. The number of likely N-dealkylation sites (tertiary alicyclic amines) is 1. The van der Waals surface area contributed by atoms with Crippen LogP contribution in [0.25, 0.3) is 0 Å². The molecule has 3 fully saturated rings. The number of hydrogen-bond acceptors (Lipinski definition) is 6. The average molecular weight is 469 g/mol. The highest BCUT2D eigenvalue weighted by molar-refractivity contribution is 8.02. The lowest BCUT2D eigenvalue weighted by molar-refractivity contribution is -0.155. The van der Waals surface area contributed by atoms with Gasteiger partial charge in [0.15, 0.2) is 0 Å². The van der Waals surface area contributed by atoms with Crippen LogP contribution in [0.2, 0.25) is 0 Å². The van der Waals surface area contributed by atoms with Crippen LogP contribution in [0.15, 0.2) is 0 Å². The van der Waals surface area contributed by atoms with Gasteiger partial charge in [-0.1, -0.05) is 26.2 Å². The second-order valence-electron chi connectivity index (χ2n) is 9.85. The first-order chi connectivity index (χ1) is 15.3. The summed E-state index contributed by atoms with van der Waals surface area (Å²) >= 11 is 1.69. The molecule has 0 radical (unpaired) electrons. The van der Waals surface area contributed by atoms with Crippen molar-refractivity contribution in [3.8, 4) is 0 Å². The Bertz CT molecular complexity index is 719. The van der Waals surface area contributed by atoms with Crippen molar-refractivity contribution in [2.24, 2.45) is 11.8 Å². The quantitative estimate of drug-likeness (QED) is 0.338. The predicted molar refractivity (Wildman–Crippen MR) is 125 cm³/mol. The number of amides is 2. The van der Waals surface area contributed by atoms with Gasteiger partial charge in [0.05, 0.1) is 23.2 Å². The molecule has 2 bridgehead atoms. The summed E-state index contributed by atoms with van der Waals surface area (Å²) in [6.45, 7) is 8.92. The molecule has 32 heavy (non-hydrogen) atoms. The van der Waals surface area contributed by atoms with E-state index in [0.29, 0.717) is 6.54 Å². The zero-order valence-corrected chi connectivity index (χ0v) is 20.8. The molecule has 7 nitrogen and oxygen atoms in total. The number of nitrogens with zero attached hydrogens (tertiary/aromatic N) is 1. The maximum atomic E-state index is 13.8. The lowest BCUT2D eigenvalue weighted by Gasteiger charge is -2.35. The Morgan fingerprint density at radius 2 is 1.97 bits per heavy atom. The summed E-state index contributed by atoms with van der Waals surface area (Å²) in [6, 6.07) is -0.507. The number of fused-ring (bicyclic) bond motifs is 1. The number of rotatable bonds is 12. The van der Waals surface area contributed by atoms with Gasteiger partial charge in [0.25, 0.3) is 0 Å². The van der Waals surface area contributed by atoms with E-state index in [2.05, 4.69) is 19.2 Å². The highest BCUT2D eigenvalue weighted by Crippen LogP contribution is 2.71. The summed E-state index contributed by atoms with van der Waals surface area (Å²) in [5.74, 6) is -1.45. The first-order valence-electron chi connectivity index (χ1n) is 12.3. The summed E-state index contributed by atoms with van der Waals surface area (Å²) < 4.78 is 4.47. The van der Waals surface area contributed by atoms with Crippen LogP contribution in [0, 0.1) is 11.8 Å². The number of nitrogens with one attached hydrogen (secondary N) is 1.